The molecule has 0 bridgehead atoms. The van der Waals surface area contributed by atoms with Crippen LogP contribution < -0.4 is 5.73 Å². The maximum atomic E-state index is 6.06. The second-order valence-electron chi connectivity index (χ2n) is 6.80. The summed E-state index contributed by atoms with van der Waals surface area (Å²) in [6.45, 7) is 11.4. The van der Waals surface area contributed by atoms with E-state index in [2.05, 4.69) is 56.9 Å². The molecule has 118 valence electrons. The van der Waals surface area contributed by atoms with Crippen molar-refractivity contribution in [2.24, 2.45) is 11.7 Å². The Bertz CT molecular complexity index is 419. The highest BCUT2D eigenvalue weighted by Crippen LogP contribution is 2.25. The van der Waals surface area contributed by atoms with E-state index in [1.54, 1.807) is 0 Å². The molecule has 0 aliphatic carbocycles. The summed E-state index contributed by atoms with van der Waals surface area (Å²) in [6.07, 6.45) is 1.70. The summed E-state index contributed by atoms with van der Waals surface area (Å²) in [5.41, 5.74) is 8.80. The molecule has 21 heavy (non-hydrogen) atoms. The zero-order chi connectivity index (χ0) is 15.4. The quantitative estimate of drug-likeness (QED) is 0.906. The van der Waals surface area contributed by atoms with Crippen LogP contribution in [0.25, 0.3) is 0 Å². The third-order valence-corrected chi connectivity index (χ3v) is 4.12. The van der Waals surface area contributed by atoms with E-state index in [1.165, 1.54) is 11.1 Å². The normalized spacial score (nSPS) is 25.2. The number of hydrogen-bond acceptors (Lipinski definition) is 3. The fraction of sp³-hybridized carbons (Fsp3) is 0.667. The third kappa shape index (κ3) is 4.53. The van der Waals surface area contributed by atoms with Gasteiger partial charge in [-0.2, -0.15) is 0 Å². The number of nitrogens with zero attached hydrogens (tertiary/aromatic N) is 1. The van der Waals surface area contributed by atoms with Crippen molar-refractivity contribution in [2.75, 3.05) is 19.6 Å². The van der Waals surface area contributed by atoms with Gasteiger partial charge in [0.25, 0.3) is 0 Å². The lowest BCUT2D eigenvalue weighted by Crippen LogP contribution is -2.48. The fourth-order valence-corrected chi connectivity index (χ4v) is 3.32. The minimum atomic E-state index is 0.281. The molecule has 1 aliphatic heterocycles. The highest BCUT2D eigenvalue weighted by molar-refractivity contribution is 5.26. The Morgan fingerprint density at radius 3 is 2.19 bits per heavy atom. The molecule has 0 spiro atoms. The molecule has 2 rings (SSSR count). The Morgan fingerprint density at radius 1 is 1.14 bits per heavy atom. The van der Waals surface area contributed by atoms with E-state index in [9.17, 15) is 0 Å². The summed E-state index contributed by atoms with van der Waals surface area (Å²) < 4.78 is 5.83. The van der Waals surface area contributed by atoms with Crippen LogP contribution in [-0.2, 0) is 11.2 Å². The molecule has 1 fully saturated rings. The topological polar surface area (TPSA) is 38.5 Å². The van der Waals surface area contributed by atoms with Crippen LogP contribution in [0.1, 0.15) is 44.9 Å². The molecule has 1 unspecified atom stereocenters. The number of benzene rings is 1. The standard InChI is InChI=1S/C18H30N2O/c1-13(2)9-16-5-7-17(8-6-16)18(10-19)20-11-14(3)21-15(4)12-20/h5-8,13-15,18H,9-12,19H2,1-4H3/t14-,15+,18?. The number of ether oxygens (including phenoxy) is 1. The Balaban J connectivity index is 2.09. The van der Waals surface area contributed by atoms with Crippen molar-refractivity contribution in [2.45, 2.75) is 52.4 Å². The summed E-state index contributed by atoms with van der Waals surface area (Å²) >= 11 is 0. The first-order valence-corrected chi connectivity index (χ1v) is 8.18. The molecule has 3 atom stereocenters. The van der Waals surface area contributed by atoms with Crippen molar-refractivity contribution in [1.82, 2.24) is 4.90 Å². The molecule has 2 N–H and O–H groups in total. The van der Waals surface area contributed by atoms with Crippen molar-refractivity contribution < 1.29 is 4.74 Å². The smallest absolute Gasteiger partial charge is 0.0678 e. The Hall–Kier alpha value is -0.900. The Labute approximate surface area is 129 Å². The second kappa shape index (κ2) is 7.39. The first kappa shape index (κ1) is 16.5. The average Bonchev–Trinajstić information content (AvgIpc) is 2.40. The first-order chi connectivity index (χ1) is 9.99. The van der Waals surface area contributed by atoms with E-state index in [0.29, 0.717) is 18.5 Å². The van der Waals surface area contributed by atoms with E-state index in [-0.39, 0.29) is 12.2 Å². The minimum absolute atomic E-state index is 0.281. The third-order valence-electron chi connectivity index (χ3n) is 4.12. The van der Waals surface area contributed by atoms with Gasteiger partial charge in [0.15, 0.2) is 0 Å². The number of morpholine rings is 1. The van der Waals surface area contributed by atoms with Crippen LogP contribution in [0.15, 0.2) is 24.3 Å². The summed E-state index contributed by atoms with van der Waals surface area (Å²) in [5.74, 6) is 0.696. The van der Waals surface area contributed by atoms with Gasteiger partial charge in [-0.25, -0.2) is 0 Å². The molecule has 1 heterocycles. The molecule has 1 aliphatic rings. The van der Waals surface area contributed by atoms with Gasteiger partial charge in [0.1, 0.15) is 0 Å². The molecule has 1 aromatic rings. The van der Waals surface area contributed by atoms with E-state index < -0.39 is 0 Å². The van der Waals surface area contributed by atoms with Gasteiger partial charge in [-0.15, -0.1) is 0 Å². The van der Waals surface area contributed by atoms with Crippen molar-refractivity contribution in [1.29, 1.82) is 0 Å². The number of rotatable bonds is 5. The van der Waals surface area contributed by atoms with Crippen LogP contribution in [0, 0.1) is 5.92 Å². The Kier molecular flexibility index (Phi) is 5.80. The van der Waals surface area contributed by atoms with E-state index in [4.69, 9.17) is 10.5 Å². The van der Waals surface area contributed by atoms with Crippen LogP contribution in [0.4, 0.5) is 0 Å². The molecule has 1 saturated heterocycles. The maximum absolute atomic E-state index is 6.06. The van der Waals surface area contributed by atoms with Crippen LogP contribution in [0.2, 0.25) is 0 Å². The van der Waals surface area contributed by atoms with Crippen molar-refractivity contribution >= 4 is 0 Å². The molecule has 3 heteroatoms. The largest absolute Gasteiger partial charge is 0.373 e. The SMILES string of the molecule is CC(C)Cc1ccc(C(CN)N2C[C@@H](C)O[C@@H](C)C2)cc1. The van der Waals surface area contributed by atoms with Gasteiger partial charge in [0, 0.05) is 25.7 Å². The number of nitrogens with two attached hydrogens (primary N) is 1. The molecule has 0 saturated carbocycles. The molecule has 1 aromatic carbocycles. The van der Waals surface area contributed by atoms with Crippen LogP contribution in [0.3, 0.4) is 0 Å². The molecule has 0 radical (unpaired) electrons. The van der Waals surface area contributed by atoms with Crippen molar-refractivity contribution in [3.8, 4) is 0 Å². The van der Waals surface area contributed by atoms with E-state index in [0.717, 1.165) is 19.5 Å². The van der Waals surface area contributed by atoms with Gasteiger partial charge in [-0.3, -0.25) is 4.90 Å². The van der Waals surface area contributed by atoms with Crippen LogP contribution in [-0.4, -0.2) is 36.7 Å². The van der Waals surface area contributed by atoms with Gasteiger partial charge in [-0.1, -0.05) is 38.1 Å². The summed E-state index contributed by atoms with van der Waals surface area (Å²) in [4.78, 5) is 2.47. The van der Waals surface area contributed by atoms with E-state index in [1.807, 2.05) is 0 Å². The van der Waals surface area contributed by atoms with Crippen LogP contribution >= 0.6 is 0 Å². The van der Waals surface area contributed by atoms with Crippen molar-refractivity contribution in [3.63, 3.8) is 0 Å². The Morgan fingerprint density at radius 2 is 1.71 bits per heavy atom. The molecular formula is C18H30N2O. The predicted molar refractivity (Wildman–Crippen MR) is 88.4 cm³/mol. The first-order valence-electron chi connectivity index (χ1n) is 8.18. The highest BCUT2D eigenvalue weighted by atomic mass is 16.5. The second-order valence-corrected chi connectivity index (χ2v) is 6.80. The predicted octanol–water partition coefficient (Wildman–Crippen LogP) is 2.99. The van der Waals surface area contributed by atoms with Gasteiger partial charge in [0.05, 0.1) is 12.2 Å². The lowest BCUT2D eigenvalue weighted by molar-refractivity contribution is -0.0799. The molecule has 0 aromatic heterocycles. The van der Waals surface area contributed by atoms with E-state index >= 15 is 0 Å². The monoisotopic (exact) mass is 290 g/mol. The summed E-state index contributed by atoms with van der Waals surface area (Å²) in [7, 11) is 0. The maximum Gasteiger partial charge on any atom is 0.0678 e. The van der Waals surface area contributed by atoms with Gasteiger partial charge in [0.2, 0.25) is 0 Å². The zero-order valence-electron chi connectivity index (χ0n) is 13.9. The van der Waals surface area contributed by atoms with Crippen LogP contribution in [0.5, 0.6) is 0 Å². The van der Waals surface area contributed by atoms with Gasteiger partial charge < -0.3 is 10.5 Å². The van der Waals surface area contributed by atoms with Gasteiger partial charge in [-0.05, 0) is 37.3 Å². The van der Waals surface area contributed by atoms with Crippen molar-refractivity contribution in [3.05, 3.63) is 35.4 Å². The fourth-order valence-electron chi connectivity index (χ4n) is 3.32. The zero-order valence-corrected chi connectivity index (χ0v) is 13.9. The van der Waals surface area contributed by atoms with Gasteiger partial charge >= 0.3 is 0 Å². The minimum Gasteiger partial charge on any atom is -0.373 e. The molecule has 0 amide bonds. The lowest BCUT2D eigenvalue weighted by atomic mass is 9.98. The molecule has 3 nitrogen and oxygen atoms in total. The highest BCUT2D eigenvalue weighted by Gasteiger charge is 2.28. The summed E-state index contributed by atoms with van der Waals surface area (Å²) in [6, 6.07) is 9.31. The lowest BCUT2D eigenvalue weighted by Gasteiger charge is -2.40. The average molecular weight is 290 g/mol. The molecular weight excluding hydrogens is 260 g/mol. The number of hydrogen-bond donors (Lipinski definition) is 1. The summed E-state index contributed by atoms with van der Waals surface area (Å²) in [5, 5.41) is 0.